The van der Waals surface area contributed by atoms with E-state index in [4.69, 9.17) is 14.6 Å². The molecule has 9 nitrogen and oxygen atoms in total. The molecule has 2 saturated heterocycles. The Balaban J connectivity index is 1.32. The number of ether oxygens (including phenoxy) is 2. The molecule has 14 heteroatoms. The van der Waals surface area contributed by atoms with Crippen LogP contribution in [0.15, 0.2) is 42.7 Å². The number of carbonyl (C=O) groups is 1. The van der Waals surface area contributed by atoms with Crippen LogP contribution in [0.2, 0.25) is 0 Å². The van der Waals surface area contributed by atoms with E-state index in [2.05, 4.69) is 4.98 Å². The number of hydrogen-bond donors (Lipinski definition) is 0. The molecule has 3 aliphatic rings. The van der Waals surface area contributed by atoms with Gasteiger partial charge in [-0.15, -0.1) is 0 Å². The Hall–Kier alpha value is -3.94. The smallest absolute Gasteiger partial charge is 0.416 e. The van der Waals surface area contributed by atoms with E-state index in [0.29, 0.717) is 43.9 Å². The van der Waals surface area contributed by atoms with Crippen molar-refractivity contribution in [3.8, 4) is 5.88 Å². The Morgan fingerprint density at radius 1 is 1.09 bits per heavy atom. The second kappa shape index (κ2) is 12.5. The number of piperidine rings is 1. The third-order valence-corrected chi connectivity index (χ3v) is 8.94. The van der Waals surface area contributed by atoms with Gasteiger partial charge in [0.2, 0.25) is 5.88 Å². The molecule has 2 amide bonds. The summed E-state index contributed by atoms with van der Waals surface area (Å²) < 4.78 is 82.6. The van der Waals surface area contributed by atoms with Crippen molar-refractivity contribution in [3.05, 3.63) is 65.0 Å². The van der Waals surface area contributed by atoms with Gasteiger partial charge in [0.25, 0.3) is 6.43 Å². The number of pyridine rings is 1. The first-order chi connectivity index (χ1) is 21.6. The summed E-state index contributed by atoms with van der Waals surface area (Å²) in [6, 6.07) is 5.32. The van der Waals surface area contributed by atoms with Crippen molar-refractivity contribution < 1.29 is 36.2 Å². The molecule has 45 heavy (non-hydrogen) atoms. The monoisotopic (exact) mass is 634 g/mol. The van der Waals surface area contributed by atoms with Crippen LogP contribution in [0.25, 0.3) is 0 Å². The van der Waals surface area contributed by atoms with Gasteiger partial charge in [0.1, 0.15) is 11.9 Å². The van der Waals surface area contributed by atoms with E-state index >= 15 is 0 Å². The number of methoxy groups -OCH3 is 1. The average molecular weight is 635 g/mol. The molecule has 0 bridgehead atoms. The maximum Gasteiger partial charge on any atom is 0.416 e. The third-order valence-electron chi connectivity index (χ3n) is 8.94. The molecule has 3 aromatic rings. The Morgan fingerprint density at radius 3 is 2.51 bits per heavy atom. The van der Waals surface area contributed by atoms with E-state index in [1.54, 1.807) is 14.5 Å². The van der Waals surface area contributed by atoms with E-state index < -0.39 is 30.2 Å². The SMILES string of the molecule is COc1nccc(C(F)F)c1N1CCC(N2C(=O)N(Cc3ccccc3C(F)(F)F)c3nn(C4CCCCO4)cc3C2C)CC1. The molecule has 0 radical (unpaired) electrons. The highest BCUT2D eigenvalue weighted by Gasteiger charge is 2.44. The van der Waals surface area contributed by atoms with Gasteiger partial charge in [-0.05, 0) is 56.7 Å². The molecule has 0 aliphatic carbocycles. The van der Waals surface area contributed by atoms with Crippen LogP contribution in [0.4, 0.5) is 38.3 Å². The van der Waals surface area contributed by atoms with Gasteiger partial charge in [-0.2, -0.15) is 18.3 Å². The Labute approximate surface area is 257 Å². The number of benzene rings is 1. The fourth-order valence-corrected chi connectivity index (χ4v) is 6.71. The number of aromatic nitrogens is 3. The first-order valence-electron chi connectivity index (χ1n) is 15.1. The van der Waals surface area contributed by atoms with Gasteiger partial charge in [-0.25, -0.2) is 23.2 Å². The number of halogens is 5. The first-order valence-corrected chi connectivity index (χ1v) is 15.1. The minimum Gasteiger partial charge on any atom is -0.480 e. The number of alkyl halides is 5. The lowest BCUT2D eigenvalue weighted by atomic mass is 9.97. The van der Waals surface area contributed by atoms with E-state index in [1.807, 2.05) is 13.1 Å². The highest BCUT2D eigenvalue weighted by atomic mass is 19.4. The number of carbonyl (C=O) groups excluding carboxylic acids is 1. The Bertz CT molecular complexity index is 1520. The van der Waals surface area contributed by atoms with Crippen molar-refractivity contribution >= 4 is 17.5 Å². The van der Waals surface area contributed by atoms with Crippen molar-refractivity contribution in [1.82, 2.24) is 19.7 Å². The van der Waals surface area contributed by atoms with Crippen molar-refractivity contribution in [3.63, 3.8) is 0 Å². The molecule has 5 heterocycles. The van der Waals surface area contributed by atoms with Crippen molar-refractivity contribution in [2.75, 3.05) is 36.6 Å². The van der Waals surface area contributed by atoms with Crippen LogP contribution >= 0.6 is 0 Å². The molecule has 2 fully saturated rings. The molecule has 0 N–H and O–H groups in total. The lowest BCUT2D eigenvalue weighted by Crippen LogP contribution is -2.55. The van der Waals surface area contributed by atoms with Gasteiger partial charge < -0.3 is 19.3 Å². The summed E-state index contributed by atoms with van der Waals surface area (Å²) in [4.78, 5) is 23.2. The van der Waals surface area contributed by atoms with Gasteiger partial charge in [0, 0.05) is 49.3 Å². The minimum absolute atomic E-state index is 0.0414. The highest BCUT2D eigenvalue weighted by Crippen LogP contribution is 2.43. The lowest BCUT2D eigenvalue weighted by molar-refractivity contribution is -0.138. The maximum atomic E-state index is 14.3. The molecule has 0 spiro atoms. The van der Waals surface area contributed by atoms with Crippen LogP contribution in [0.1, 0.15) is 80.0 Å². The van der Waals surface area contributed by atoms with Crippen LogP contribution in [0.5, 0.6) is 5.88 Å². The highest BCUT2D eigenvalue weighted by molar-refractivity contribution is 5.94. The van der Waals surface area contributed by atoms with Crippen molar-refractivity contribution in [2.24, 2.45) is 0 Å². The zero-order valence-electron chi connectivity index (χ0n) is 25.0. The summed E-state index contributed by atoms with van der Waals surface area (Å²) in [6.45, 7) is 2.84. The largest absolute Gasteiger partial charge is 0.480 e. The minimum atomic E-state index is -4.60. The lowest BCUT2D eigenvalue weighted by Gasteiger charge is -2.46. The fraction of sp³-hybridized carbons (Fsp3) is 0.516. The molecule has 3 aliphatic heterocycles. The first kappa shape index (κ1) is 31.1. The summed E-state index contributed by atoms with van der Waals surface area (Å²) in [6.07, 6.45) is -1.03. The molecule has 1 aromatic carbocycles. The summed E-state index contributed by atoms with van der Waals surface area (Å²) in [7, 11) is 1.38. The number of fused-ring (bicyclic) bond motifs is 1. The second-order valence-corrected chi connectivity index (χ2v) is 11.6. The van der Waals surface area contributed by atoms with Crippen molar-refractivity contribution in [1.29, 1.82) is 0 Å². The summed E-state index contributed by atoms with van der Waals surface area (Å²) in [5, 5.41) is 4.71. The van der Waals surface area contributed by atoms with E-state index in [0.717, 1.165) is 25.3 Å². The van der Waals surface area contributed by atoms with Gasteiger partial charge in [-0.3, -0.25) is 4.90 Å². The molecule has 2 unspecified atom stereocenters. The maximum absolute atomic E-state index is 14.3. The molecule has 242 valence electrons. The summed E-state index contributed by atoms with van der Waals surface area (Å²) >= 11 is 0. The van der Waals surface area contributed by atoms with E-state index in [9.17, 15) is 26.7 Å². The number of amides is 2. The van der Waals surface area contributed by atoms with Crippen molar-refractivity contribution in [2.45, 2.75) is 76.5 Å². The van der Waals surface area contributed by atoms with Crippen LogP contribution in [0.3, 0.4) is 0 Å². The quantitative estimate of drug-likeness (QED) is 0.258. The Morgan fingerprint density at radius 2 is 1.84 bits per heavy atom. The Kier molecular flexibility index (Phi) is 8.59. The second-order valence-electron chi connectivity index (χ2n) is 11.6. The summed E-state index contributed by atoms with van der Waals surface area (Å²) in [5.74, 6) is 0.416. The predicted octanol–water partition coefficient (Wildman–Crippen LogP) is 7.11. The van der Waals surface area contributed by atoms with Crippen LogP contribution < -0.4 is 14.5 Å². The van der Waals surface area contributed by atoms with E-state index in [1.165, 1.54) is 42.5 Å². The number of anilines is 2. The normalized spacial score (nSPS) is 21.4. The molecular weight excluding hydrogens is 599 g/mol. The third kappa shape index (κ3) is 5.91. The van der Waals surface area contributed by atoms with Crippen LogP contribution in [-0.2, 0) is 17.5 Å². The number of urea groups is 1. The zero-order valence-corrected chi connectivity index (χ0v) is 25.0. The zero-order chi connectivity index (χ0) is 31.9. The van der Waals surface area contributed by atoms with E-state index in [-0.39, 0.29) is 41.5 Å². The van der Waals surface area contributed by atoms with Gasteiger partial charge in [-0.1, -0.05) is 18.2 Å². The van der Waals surface area contributed by atoms with Crippen LogP contribution in [0, 0.1) is 0 Å². The fourth-order valence-electron chi connectivity index (χ4n) is 6.71. The topological polar surface area (TPSA) is 76.0 Å². The molecule has 2 aromatic heterocycles. The standard InChI is InChI=1S/C31H35F5N6O3/c1-19-23-18-41(25-9-5-6-16-45-25)38-28(23)40(17-20-7-3-4-8-24(20)31(34,35)36)30(43)42(19)21-11-14-39(15-12-21)26-22(27(32)33)10-13-37-29(26)44-2/h3-4,7-8,10,13,18-19,21,25,27H,5-6,9,11-12,14-17H2,1-2H3. The van der Waals surface area contributed by atoms with Gasteiger partial charge in [0.05, 0.1) is 25.3 Å². The molecule has 2 atom stereocenters. The molecular formula is C31H35F5N6O3. The van der Waals surface area contributed by atoms with Gasteiger partial charge >= 0.3 is 12.2 Å². The summed E-state index contributed by atoms with van der Waals surface area (Å²) in [5.41, 5.74) is -0.0925. The number of rotatable bonds is 7. The predicted molar refractivity (Wildman–Crippen MR) is 155 cm³/mol. The number of nitrogens with zero attached hydrogens (tertiary/aromatic N) is 6. The average Bonchev–Trinajstić information content (AvgIpc) is 3.49. The van der Waals surface area contributed by atoms with Gasteiger partial charge in [0.15, 0.2) is 5.82 Å². The number of hydrogen-bond acceptors (Lipinski definition) is 6. The van der Waals surface area contributed by atoms with Crippen LogP contribution in [-0.4, -0.2) is 58.5 Å². The molecule has 0 saturated carbocycles. The molecule has 6 rings (SSSR count).